The number of likely N-dealkylation sites (N-methyl/N-ethyl adjacent to an activating group) is 1. The SMILES string of the molecule is CCNc1nc(C)cc(N(C)CC(O)COC)n1. The van der Waals surface area contributed by atoms with Crippen molar-refractivity contribution in [2.45, 2.75) is 20.0 Å². The first-order chi connectivity index (χ1) is 8.56. The van der Waals surface area contributed by atoms with Crippen molar-refractivity contribution in [2.24, 2.45) is 0 Å². The molecule has 1 rings (SSSR count). The molecule has 0 saturated carbocycles. The molecule has 1 aromatic rings. The molecule has 6 heteroatoms. The number of nitrogens with one attached hydrogen (secondary N) is 1. The fourth-order valence-corrected chi connectivity index (χ4v) is 1.64. The van der Waals surface area contributed by atoms with Crippen LogP contribution >= 0.6 is 0 Å². The molecule has 0 spiro atoms. The lowest BCUT2D eigenvalue weighted by atomic mass is 10.3. The van der Waals surface area contributed by atoms with E-state index >= 15 is 0 Å². The third kappa shape index (κ3) is 4.46. The van der Waals surface area contributed by atoms with Crippen molar-refractivity contribution in [3.8, 4) is 0 Å². The highest BCUT2D eigenvalue weighted by Crippen LogP contribution is 2.13. The van der Waals surface area contributed by atoms with E-state index in [9.17, 15) is 5.11 Å². The van der Waals surface area contributed by atoms with Gasteiger partial charge in [-0.2, -0.15) is 4.98 Å². The zero-order valence-electron chi connectivity index (χ0n) is 11.5. The molecule has 0 amide bonds. The van der Waals surface area contributed by atoms with E-state index in [2.05, 4.69) is 15.3 Å². The maximum absolute atomic E-state index is 9.70. The Bertz CT molecular complexity index is 373. The van der Waals surface area contributed by atoms with Crippen molar-refractivity contribution in [1.82, 2.24) is 9.97 Å². The van der Waals surface area contributed by atoms with Crippen molar-refractivity contribution in [3.63, 3.8) is 0 Å². The zero-order valence-corrected chi connectivity index (χ0v) is 11.5. The Labute approximate surface area is 108 Å². The minimum atomic E-state index is -0.530. The fraction of sp³-hybridized carbons (Fsp3) is 0.667. The fourth-order valence-electron chi connectivity index (χ4n) is 1.64. The minimum absolute atomic E-state index is 0.314. The number of hydrogen-bond acceptors (Lipinski definition) is 6. The molecule has 1 aromatic heterocycles. The van der Waals surface area contributed by atoms with E-state index in [0.29, 0.717) is 19.1 Å². The van der Waals surface area contributed by atoms with Crippen LogP contribution in [-0.2, 0) is 4.74 Å². The van der Waals surface area contributed by atoms with E-state index in [1.807, 2.05) is 31.9 Å². The van der Waals surface area contributed by atoms with Gasteiger partial charge in [0.15, 0.2) is 0 Å². The smallest absolute Gasteiger partial charge is 0.224 e. The summed E-state index contributed by atoms with van der Waals surface area (Å²) in [7, 11) is 3.46. The van der Waals surface area contributed by atoms with E-state index in [0.717, 1.165) is 18.1 Å². The predicted octanol–water partition coefficient (Wildman–Crippen LogP) is 0.660. The third-order valence-electron chi connectivity index (χ3n) is 2.41. The summed E-state index contributed by atoms with van der Waals surface area (Å²) in [4.78, 5) is 10.6. The molecule has 1 atom stereocenters. The van der Waals surface area contributed by atoms with Crippen LogP contribution < -0.4 is 10.2 Å². The zero-order chi connectivity index (χ0) is 13.5. The highest BCUT2D eigenvalue weighted by atomic mass is 16.5. The van der Waals surface area contributed by atoms with Crippen LogP contribution in [0.25, 0.3) is 0 Å². The number of aliphatic hydroxyl groups is 1. The molecule has 0 aromatic carbocycles. The van der Waals surface area contributed by atoms with Crippen LogP contribution in [0.15, 0.2) is 6.07 Å². The largest absolute Gasteiger partial charge is 0.389 e. The van der Waals surface area contributed by atoms with Crippen molar-refractivity contribution in [2.75, 3.05) is 44.1 Å². The summed E-state index contributed by atoms with van der Waals surface area (Å²) < 4.78 is 4.90. The van der Waals surface area contributed by atoms with Gasteiger partial charge < -0.3 is 20.1 Å². The van der Waals surface area contributed by atoms with Crippen molar-refractivity contribution in [3.05, 3.63) is 11.8 Å². The predicted molar refractivity (Wildman–Crippen MR) is 72.1 cm³/mol. The lowest BCUT2D eigenvalue weighted by Gasteiger charge is -2.22. The number of methoxy groups -OCH3 is 1. The van der Waals surface area contributed by atoms with Gasteiger partial charge in [-0.25, -0.2) is 4.98 Å². The molecule has 0 aliphatic rings. The Morgan fingerprint density at radius 3 is 2.83 bits per heavy atom. The second kappa shape index (κ2) is 7.13. The Kier molecular flexibility index (Phi) is 5.80. The molecule has 0 aliphatic carbocycles. The molecule has 0 radical (unpaired) electrons. The van der Waals surface area contributed by atoms with Gasteiger partial charge in [-0.1, -0.05) is 0 Å². The lowest BCUT2D eigenvalue weighted by molar-refractivity contribution is 0.0694. The summed E-state index contributed by atoms with van der Waals surface area (Å²) in [5.74, 6) is 1.40. The second-order valence-corrected chi connectivity index (χ2v) is 4.21. The number of aromatic nitrogens is 2. The average Bonchev–Trinajstić information content (AvgIpc) is 2.28. The molecule has 2 N–H and O–H groups in total. The average molecular weight is 254 g/mol. The number of ether oxygens (including phenoxy) is 1. The van der Waals surface area contributed by atoms with Crippen molar-refractivity contribution < 1.29 is 9.84 Å². The summed E-state index contributed by atoms with van der Waals surface area (Å²) in [6.45, 7) is 5.48. The normalized spacial score (nSPS) is 12.3. The van der Waals surface area contributed by atoms with Crippen molar-refractivity contribution in [1.29, 1.82) is 0 Å². The molecule has 18 heavy (non-hydrogen) atoms. The van der Waals surface area contributed by atoms with Crippen molar-refractivity contribution >= 4 is 11.8 Å². The van der Waals surface area contributed by atoms with Gasteiger partial charge in [0.05, 0.1) is 12.7 Å². The Morgan fingerprint density at radius 2 is 2.22 bits per heavy atom. The van der Waals surface area contributed by atoms with Gasteiger partial charge in [0.1, 0.15) is 5.82 Å². The second-order valence-electron chi connectivity index (χ2n) is 4.21. The van der Waals surface area contributed by atoms with E-state index in [-0.39, 0.29) is 0 Å². The highest BCUT2D eigenvalue weighted by molar-refractivity contribution is 5.44. The summed E-state index contributed by atoms with van der Waals surface area (Å²) >= 11 is 0. The molecule has 0 aliphatic heterocycles. The van der Waals surface area contributed by atoms with Gasteiger partial charge in [-0.3, -0.25) is 0 Å². The standard InChI is InChI=1S/C12H22N4O2/c1-5-13-12-14-9(2)6-11(15-12)16(3)7-10(17)8-18-4/h6,10,17H,5,7-8H2,1-4H3,(H,13,14,15). The number of rotatable bonds is 7. The summed E-state index contributed by atoms with van der Waals surface area (Å²) in [6, 6.07) is 1.89. The van der Waals surface area contributed by atoms with Crippen LogP contribution in [0.3, 0.4) is 0 Å². The summed E-state index contributed by atoms with van der Waals surface area (Å²) in [6.07, 6.45) is -0.530. The van der Waals surface area contributed by atoms with E-state index in [4.69, 9.17) is 4.74 Å². The molecule has 0 fully saturated rings. The maximum atomic E-state index is 9.70. The number of anilines is 2. The first-order valence-corrected chi connectivity index (χ1v) is 6.04. The van der Waals surface area contributed by atoms with Crippen LogP contribution in [0, 0.1) is 6.92 Å². The van der Waals surface area contributed by atoms with Crippen LogP contribution in [0.2, 0.25) is 0 Å². The van der Waals surface area contributed by atoms with Gasteiger partial charge in [0, 0.05) is 39.0 Å². The number of hydrogen-bond donors (Lipinski definition) is 2. The van der Waals surface area contributed by atoms with Gasteiger partial charge in [-0.15, -0.1) is 0 Å². The number of aryl methyl sites for hydroxylation is 1. The monoisotopic (exact) mass is 254 g/mol. The van der Waals surface area contributed by atoms with Gasteiger partial charge in [-0.05, 0) is 13.8 Å². The van der Waals surface area contributed by atoms with Crippen LogP contribution in [0.5, 0.6) is 0 Å². The topological polar surface area (TPSA) is 70.5 Å². The molecule has 1 unspecified atom stereocenters. The van der Waals surface area contributed by atoms with Gasteiger partial charge >= 0.3 is 0 Å². The molecule has 6 nitrogen and oxygen atoms in total. The van der Waals surface area contributed by atoms with E-state index < -0.39 is 6.10 Å². The molecule has 0 bridgehead atoms. The highest BCUT2D eigenvalue weighted by Gasteiger charge is 2.11. The lowest BCUT2D eigenvalue weighted by Crippen LogP contribution is -2.32. The van der Waals surface area contributed by atoms with Gasteiger partial charge in [0.2, 0.25) is 5.95 Å². The van der Waals surface area contributed by atoms with E-state index in [1.165, 1.54) is 0 Å². The number of nitrogens with zero attached hydrogens (tertiary/aromatic N) is 3. The molecular formula is C12H22N4O2. The first-order valence-electron chi connectivity index (χ1n) is 6.04. The summed E-state index contributed by atoms with van der Waals surface area (Å²) in [5, 5.41) is 12.8. The Balaban J connectivity index is 2.74. The summed E-state index contributed by atoms with van der Waals surface area (Å²) in [5.41, 5.74) is 0.893. The molecular weight excluding hydrogens is 232 g/mol. The number of aliphatic hydroxyl groups excluding tert-OH is 1. The van der Waals surface area contributed by atoms with Crippen LogP contribution in [-0.4, -0.2) is 55.0 Å². The molecule has 1 heterocycles. The Hall–Kier alpha value is -1.40. The van der Waals surface area contributed by atoms with E-state index in [1.54, 1.807) is 7.11 Å². The van der Waals surface area contributed by atoms with Gasteiger partial charge in [0.25, 0.3) is 0 Å². The van der Waals surface area contributed by atoms with Crippen LogP contribution in [0.4, 0.5) is 11.8 Å². The first kappa shape index (κ1) is 14.7. The Morgan fingerprint density at radius 1 is 1.50 bits per heavy atom. The molecule has 0 saturated heterocycles. The third-order valence-corrected chi connectivity index (χ3v) is 2.41. The molecule has 102 valence electrons. The minimum Gasteiger partial charge on any atom is -0.389 e. The van der Waals surface area contributed by atoms with Crippen LogP contribution in [0.1, 0.15) is 12.6 Å². The maximum Gasteiger partial charge on any atom is 0.224 e. The quantitative estimate of drug-likeness (QED) is 0.745.